The van der Waals surface area contributed by atoms with Gasteiger partial charge in [-0.2, -0.15) is 74.6 Å². The maximum absolute atomic E-state index is 13.0. The zero-order valence-electron chi connectivity index (χ0n) is 22.9. The van der Waals surface area contributed by atoms with Crippen LogP contribution in [0.1, 0.15) is 19.8 Å². The Morgan fingerprint density at radius 3 is 1.45 bits per heavy atom. The van der Waals surface area contributed by atoms with Crippen molar-refractivity contribution in [1.29, 1.82) is 0 Å². The molecule has 0 saturated carbocycles. The normalized spacial score (nSPS) is 16.7. The highest BCUT2D eigenvalue weighted by Gasteiger charge is 2.95. The Labute approximate surface area is 256 Å². The molecule has 1 heterocycles. The minimum absolute atomic E-state index is 0.467. The second-order valence-corrected chi connectivity index (χ2v) is 13.2. The van der Waals surface area contributed by atoms with Crippen molar-refractivity contribution in [3.63, 3.8) is 0 Å². The van der Waals surface area contributed by atoms with E-state index in [1.807, 2.05) is 6.92 Å². The van der Waals surface area contributed by atoms with Crippen LogP contribution < -0.4 is 4.74 Å². The summed E-state index contributed by atoms with van der Waals surface area (Å²) in [4.78, 5) is 1.55. The van der Waals surface area contributed by atoms with Crippen molar-refractivity contribution < 1.29 is 92.3 Å². The fourth-order valence-corrected chi connectivity index (χ4v) is 6.90. The highest BCUT2D eigenvalue weighted by molar-refractivity contribution is 7.97. The second kappa shape index (κ2) is 12.8. The smallest absolute Gasteiger partial charge is 0.460 e. The van der Waals surface area contributed by atoms with E-state index >= 15 is 0 Å². The minimum Gasteiger partial charge on any atom is -0.743 e. The molecule has 0 atom stereocenters. The van der Waals surface area contributed by atoms with Gasteiger partial charge in [-0.15, -0.1) is 0 Å². The minimum atomic E-state index is -8.92. The van der Waals surface area contributed by atoms with Gasteiger partial charge < -0.3 is 9.29 Å². The maximum Gasteiger partial charge on any atom is 0.460 e. The van der Waals surface area contributed by atoms with Gasteiger partial charge in [-0.25, -0.2) is 8.42 Å². The topological polar surface area (TPSA) is 66.4 Å². The summed E-state index contributed by atoms with van der Waals surface area (Å²) in [5.41, 5.74) is 0. The van der Waals surface area contributed by atoms with Crippen LogP contribution in [0.2, 0.25) is 0 Å². The van der Waals surface area contributed by atoms with Gasteiger partial charge in [-0.3, -0.25) is 0 Å². The highest BCUT2D eigenvalue weighted by atomic mass is 32.2. The van der Waals surface area contributed by atoms with Crippen molar-refractivity contribution in [2.75, 3.05) is 18.1 Å². The SMILES string of the molecule is CCOc1ccc([S+]2CCCC2)c2ccccc12.O=S(=O)([O-])C(F)(F)C(F)(F)C(F)(F)C(F)(F)C(F)(F)C(F)(F)C(F)(F)C(F)(F)F. The molecule has 3 rings (SSSR count). The number of hydrogen-bond donors (Lipinski definition) is 0. The third-order valence-electron chi connectivity index (χ3n) is 6.49. The molecule has 0 bridgehead atoms. The van der Waals surface area contributed by atoms with Crippen molar-refractivity contribution in [2.24, 2.45) is 0 Å². The number of alkyl halides is 17. The molecule has 2 aromatic carbocycles. The number of hydrogen-bond acceptors (Lipinski definition) is 4. The van der Waals surface area contributed by atoms with Crippen LogP contribution in [0.25, 0.3) is 10.8 Å². The Kier molecular flexibility index (Phi) is 11.1. The molecule has 4 nitrogen and oxygen atoms in total. The quantitative estimate of drug-likeness (QED) is 0.139. The van der Waals surface area contributed by atoms with Gasteiger partial charge in [-0.05, 0) is 38.0 Å². The van der Waals surface area contributed by atoms with E-state index in [1.54, 1.807) is 4.90 Å². The van der Waals surface area contributed by atoms with E-state index in [9.17, 15) is 87.6 Å². The number of benzene rings is 2. The number of halogens is 17. The summed E-state index contributed by atoms with van der Waals surface area (Å²) in [6.07, 6.45) is -5.11. The molecule has 47 heavy (non-hydrogen) atoms. The van der Waals surface area contributed by atoms with Crippen LogP contribution in [0.3, 0.4) is 0 Å². The van der Waals surface area contributed by atoms with E-state index in [2.05, 4.69) is 36.4 Å². The van der Waals surface area contributed by atoms with E-state index in [1.165, 1.54) is 35.1 Å². The molecule has 2 aromatic rings. The Morgan fingerprint density at radius 2 is 1.04 bits per heavy atom. The highest BCUT2D eigenvalue weighted by Crippen LogP contribution is 2.64. The second-order valence-electron chi connectivity index (χ2n) is 9.56. The molecule has 0 aromatic heterocycles. The van der Waals surface area contributed by atoms with Gasteiger partial charge in [0.25, 0.3) is 0 Å². The standard InChI is InChI=1S/C16H19OS.C8HF17O3S/c1-2-17-15-9-10-16(18-11-5-6-12-18)14-8-4-3-7-13(14)15;9-1(10,3(13,14)5(17,18)7(21,22)23)2(11,12)4(15,16)6(19,20)8(24,25)29(26,27)28/h3-4,7-10H,2,5-6,11-12H2,1H3;(H,26,27,28)/q+1;/p-1. The van der Waals surface area contributed by atoms with Crippen LogP contribution in [-0.4, -0.2) is 78.0 Å². The number of rotatable bonds is 10. The molecular formula is C24H19F17O4S2. The molecule has 23 heteroatoms. The van der Waals surface area contributed by atoms with Crippen molar-refractivity contribution in [2.45, 2.75) is 71.6 Å². The predicted molar refractivity (Wildman–Crippen MR) is 130 cm³/mol. The van der Waals surface area contributed by atoms with Crippen molar-refractivity contribution in [3.05, 3.63) is 36.4 Å². The third kappa shape index (κ3) is 6.51. The van der Waals surface area contributed by atoms with Crippen molar-refractivity contribution >= 4 is 31.8 Å². The van der Waals surface area contributed by atoms with Crippen LogP contribution >= 0.6 is 0 Å². The van der Waals surface area contributed by atoms with Gasteiger partial charge >= 0.3 is 47.0 Å². The van der Waals surface area contributed by atoms with Crippen molar-refractivity contribution in [3.8, 4) is 5.75 Å². The lowest BCUT2D eigenvalue weighted by atomic mass is 9.91. The van der Waals surface area contributed by atoms with E-state index in [-0.39, 0.29) is 0 Å². The van der Waals surface area contributed by atoms with Crippen LogP contribution in [0, 0.1) is 0 Å². The zero-order valence-corrected chi connectivity index (χ0v) is 24.5. The van der Waals surface area contributed by atoms with Crippen LogP contribution in [0.15, 0.2) is 41.3 Å². The first-order valence-electron chi connectivity index (χ1n) is 12.4. The predicted octanol–water partition coefficient (Wildman–Crippen LogP) is 8.51. The van der Waals surface area contributed by atoms with E-state index in [0.717, 1.165) is 12.4 Å². The molecule has 0 radical (unpaired) electrons. The Balaban J connectivity index is 0.000000359. The average molecular weight is 759 g/mol. The molecule has 0 amide bonds. The molecule has 1 fully saturated rings. The summed E-state index contributed by atoms with van der Waals surface area (Å²) in [6.45, 7) is 2.77. The van der Waals surface area contributed by atoms with Gasteiger partial charge in [0.2, 0.25) is 0 Å². The first-order chi connectivity index (χ1) is 20.9. The maximum atomic E-state index is 13.0. The Morgan fingerprint density at radius 1 is 0.638 bits per heavy atom. The van der Waals surface area contributed by atoms with E-state index < -0.39 is 57.1 Å². The average Bonchev–Trinajstić information content (AvgIpc) is 3.46. The first kappa shape index (κ1) is 40.7. The lowest BCUT2D eigenvalue weighted by Crippen LogP contribution is -2.75. The zero-order chi connectivity index (χ0) is 36.9. The summed E-state index contributed by atoms with van der Waals surface area (Å²) in [5.74, 6) is -48.4. The van der Waals surface area contributed by atoms with Gasteiger partial charge in [-0.1, -0.05) is 18.2 Å². The summed E-state index contributed by atoms with van der Waals surface area (Å²) in [7, 11) is -7.68. The van der Waals surface area contributed by atoms with E-state index in [4.69, 9.17) is 4.74 Å². The summed E-state index contributed by atoms with van der Waals surface area (Å²) in [6, 6.07) is 13.1. The largest absolute Gasteiger partial charge is 0.743 e. The number of ether oxygens (including phenoxy) is 1. The van der Waals surface area contributed by atoms with Gasteiger partial charge in [0.05, 0.1) is 6.61 Å². The molecule has 1 saturated heterocycles. The van der Waals surface area contributed by atoms with E-state index in [0.29, 0.717) is 10.9 Å². The van der Waals surface area contributed by atoms with Crippen LogP contribution in [0.5, 0.6) is 5.75 Å². The Bertz CT molecular complexity index is 1520. The molecule has 0 unspecified atom stereocenters. The molecular weight excluding hydrogens is 739 g/mol. The van der Waals surface area contributed by atoms with Gasteiger partial charge in [0, 0.05) is 21.7 Å². The summed E-state index contributed by atoms with van der Waals surface area (Å²) >= 11 is 0. The summed E-state index contributed by atoms with van der Waals surface area (Å²) in [5, 5.41) is -5.28. The lowest BCUT2D eigenvalue weighted by molar-refractivity contribution is -0.458. The van der Waals surface area contributed by atoms with Gasteiger partial charge in [0.15, 0.2) is 15.0 Å². The molecule has 1 aliphatic heterocycles. The van der Waals surface area contributed by atoms with Crippen LogP contribution in [-0.2, 0) is 21.0 Å². The number of fused-ring (bicyclic) bond motifs is 1. The monoisotopic (exact) mass is 758 g/mol. The van der Waals surface area contributed by atoms with Crippen molar-refractivity contribution in [1.82, 2.24) is 0 Å². The fourth-order valence-electron chi connectivity index (χ4n) is 3.96. The van der Waals surface area contributed by atoms with Crippen LogP contribution in [0.4, 0.5) is 74.6 Å². The Hall–Kier alpha value is -2.43. The lowest BCUT2D eigenvalue weighted by Gasteiger charge is -2.42. The molecule has 270 valence electrons. The summed E-state index contributed by atoms with van der Waals surface area (Å²) < 4.78 is 250. The molecule has 0 N–H and O–H groups in total. The molecule has 0 spiro atoms. The molecule has 1 aliphatic rings. The third-order valence-corrected chi connectivity index (χ3v) is 9.92. The fraction of sp³-hybridized carbons (Fsp3) is 0.583. The molecule has 0 aliphatic carbocycles. The van der Waals surface area contributed by atoms with Gasteiger partial charge in [0.1, 0.15) is 17.3 Å². The first-order valence-corrected chi connectivity index (χ1v) is 15.4.